The molecular formula is C16H32N2O. The Morgan fingerprint density at radius 2 is 2.05 bits per heavy atom. The molecule has 2 N–H and O–H groups in total. The maximum absolute atomic E-state index is 6.42. The fourth-order valence-corrected chi connectivity index (χ4v) is 3.92. The van der Waals surface area contributed by atoms with Gasteiger partial charge < -0.3 is 10.5 Å². The van der Waals surface area contributed by atoms with E-state index in [9.17, 15) is 0 Å². The summed E-state index contributed by atoms with van der Waals surface area (Å²) in [6.45, 7) is 9.20. The smallest absolute Gasteiger partial charge is 0.0777 e. The Kier molecular flexibility index (Phi) is 4.91. The van der Waals surface area contributed by atoms with E-state index in [1.54, 1.807) is 0 Å². The largest absolute Gasteiger partial charge is 0.377 e. The van der Waals surface area contributed by atoms with Gasteiger partial charge in [0.2, 0.25) is 0 Å². The van der Waals surface area contributed by atoms with Gasteiger partial charge in [0.05, 0.1) is 5.60 Å². The van der Waals surface area contributed by atoms with Crippen LogP contribution in [0.3, 0.4) is 0 Å². The molecule has 1 saturated heterocycles. The third kappa shape index (κ3) is 3.50. The van der Waals surface area contributed by atoms with Crippen LogP contribution in [0.15, 0.2) is 0 Å². The van der Waals surface area contributed by atoms with Gasteiger partial charge in [0, 0.05) is 25.7 Å². The summed E-state index contributed by atoms with van der Waals surface area (Å²) < 4.78 is 5.73. The predicted molar refractivity (Wildman–Crippen MR) is 80.2 cm³/mol. The Morgan fingerprint density at radius 3 is 2.68 bits per heavy atom. The van der Waals surface area contributed by atoms with Gasteiger partial charge in [-0.15, -0.1) is 0 Å². The van der Waals surface area contributed by atoms with E-state index < -0.39 is 0 Å². The number of likely N-dealkylation sites (tertiary alicyclic amines) is 1. The Hall–Kier alpha value is -0.120. The minimum Gasteiger partial charge on any atom is -0.377 e. The summed E-state index contributed by atoms with van der Waals surface area (Å²) >= 11 is 0. The van der Waals surface area contributed by atoms with Crippen LogP contribution in [0.25, 0.3) is 0 Å². The standard InChI is InChI=1S/C16H32N2O/c1-12(2)13-6-7-14(17)15(10-13)18-9-5-8-16(3,11-18)19-4/h12-15H,5-11,17H2,1-4H3. The van der Waals surface area contributed by atoms with Crippen molar-refractivity contribution < 1.29 is 4.74 Å². The number of rotatable bonds is 3. The first kappa shape index (κ1) is 15.3. The van der Waals surface area contributed by atoms with Gasteiger partial charge in [-0.25, -0.2) is 0 Å². The van der Waals surface area contributed by atoms with Crippen LogP contribution >= 0.6 is 0 Å². The Morgan fingerprint density at radius 1 is 1.32 bits per heavy atom. The van der Waals surface area contributed by atoms with E-state index in [1.165, 1.54) is 38.6 Å². The lowest BCUT2D eigenvalue weighted by molar-refractivity contribution is -0.0702. The molecule has 0 bridgehead atoms. The number of hydrogen-bond acceptors (Lipinski definition) is 3. The molecule has 3 heteroatoms. The highest BCUT2D eigenvalue weighted by Gasteiger charge is 2.39. The SMILES string of the molecule is COC1(C)CCCN(C2CC(C(C)C)CCC2N)C1. The van der Waals surface area contributed by atoms with Gasteiger partial charge in [0.1, 0.15) is 0 Å². The molecule has 0 aromatic heterocycles. The molecule has 2 rings (SSSR count). The average Bonchev–Trinajstić information content (AvgIpc) is 2.39. The van der Waals surface area contributed by atoms with Crippen molar-refractivity contribution in [3.8, 4) is 0 Å². The zero-order valence-electron chi connectivity index (χ0n) is 13.2. The van der Waals surface area contributed by atoms with Crippen molar-refractivity contribution in [3.05, 3.63) is 0 Å². The molecule has 2 aliphatic rings. The summed E-state index contributed by atoms with van der Waals surface area (Å²) in [5.41, 5.74) is 6.45. The van der Waals surface area contributed by atoms with Gasteiger partial charge in [-0.3, -0.25) is 4.90 Å². The molecule has 3 nitrogen and oxygen atoms in total. The highest BCUT2D eigenvalue weighted by Crippen LogP contribution is 2.35. The Balaban J connectivity index is 2.02. The normalized spacial score (nSPS) is 41.7. The molecule has 4 unspecified atom stereocenters. The monoisotopic (exact) mass is 268 g/mol. The van der Waals surface area contributed by atoms with Crippen molar-refractivity contribution in [2.24, 2.45) is 17.6 Å². The van der Waals surface area contributed by atoms with Crippen molar-refractivity contribution >= 4 is 0 Å². The molecule has 0 amide bonds. The first-order valence-electron chi connectivity index (χ1n) is 8.00. The second-order valence-electron chi connectivity index (χ2n) is 7.28. The van der Waals surface area contributed by atoms with Gasteiger partial charge in [0.15, 0.2) is 0 Å². The summed E-state index contributed by atoms with van der Waals surface area (Å²) in [6, 6.07) is 0.921. The van der Waals surface area contributed by atoms with E-state index >= 15 is 0 Å². The van der Waals surface area contributed by atoms with Gasteiger partial charge >= 0.3 is 0 Å². The first-order chi connectivity index (χ1) is 8.95. The molecule has 0 aromatic carbocycles. The third-order valence-electron chi connectivity index (χ3n) is 5.50. The number of ether oxygens (including phenoxy) is 1. The quantitative estimate of drug-likeness (QED) is 0.855. The number of nitrogens with zero attached hydrogens (tertiary/aromatic N) is 1. The summed E-state index contributed by atoms with van der Waals surface area (Å²) in [6.07, 6.45) is 6.19. The van der Waals surface area contributed by atoms with Crippen molar-refractivity contribution in [2.45, 2.75) is 70.6 Å². The van der Waals surface area contributed by atoms with Gasteiger partial charge in [-0.1, -0.05) is 13.8 Å². The first-order valence-corrected chi connectivity index (χ1v) is 8.00. The molecule has 1 aliphatic carbocycles. The maximum atomic E-state index is 6.42. The zero-order valence-corrected chi connectivity index (χ0v) is 13.2. The molecule has 1 heterocycles. The minimum absolute atomic E-state index is 0.0305. The minimum atomic E-state index is 0.0305. The van der Waals surface area contributed by atoms with E-state index in [1.807, 2.05) is 7.11 Å². The number of methoxy groups -OCH3 is 1. The van der Waals surface area contributed by atoms with Crippen LogP contribution in [0.4, 0.5) is 0 Å². The van der Waals surface area contributed by atoms with Gasteiger partial charge in [0.25, 0.3) is 0 Å². The van der Waals surface area contributed by atoms with Crippen LogP contribution in [0.2, 0.25) is 0 Å². The summed E-state index contributed by atoms with van der Waals surface area (Å²) in [7, 11) is 1.85. The van der Waals surface area contributed by atoms with E-state index in [2.05, 4.69) is 25.7 Å². The fraction of sp³-hybridized carbons (Fsp3) is 1.00. The molecule has 0 spiro atoms. The summed E-state index contributed by atoms with van der Waals surface area (Å²) in [5.74, 6) is 1.63. The Labute approximate surface area is 118 Å². The second kappa shape index (κ2) is 6.11. The molecule has 112 valence electrons. The average molecular weight is 268 g/mol. The highest BCUT2D eigenvalue weighted by molar-refractivity contribution is 4.95. The number of piperidine rings is 1. The van der Waals surface area contributed by atoms with Crippen LogP contribution in [-0.4, -0.2) is 42.8 Å². The lowest BCUT2D eigenvalue weighted by Crippen LogP contribution is -2.58. The van der Waals surface area contributed by atoms with Crippen molar-refractivity contribution in [1.29, 1.82) is 0 Å². The topological polar surface area (TPSA) is 38.5 Å². The molecule has 1 aliphatic heterocycles. The van der Waals surface area contributed by atoms with E-state index in [4.69, 9.17) is 10.5 Å². The van der Waals surface area contributed by atoms with Crippen molar-refractivity contribution in [3.63, 3.8) is 0 Å². The van der Waals surface area contributed by atoms with Crippen molar-refractivity contribution in [2.75, 3.05) is 20.2 Å². The molecule has 0 radical (unpaired) electrons. The highest BCUT2D eigenvalue weighted by atomic mass is 16.5. The van der Waals surface area contributed by atoms with E-state index in [-0.39, 0.29) is 5.60 Å². The van der Waals surface area contributed by atoms with Crippen LogP contribution < -0.4 is 5.73 Å². The van der Waals surface area contributed by atoms with Crippen LogP contribution in [0.5, 0.6) is 0 Å². The third-order valence-corrected chi connectivity index (χ3v) is 5.50. The molecular weight excluding hydrogens is 236 g/mol. The van der Waals surface area contributed by atoms with E-state index in [0.29, 0.717) is 12.1 Å². The second-order valence-corrected chi connectivity index (χ2v) is 7.28. The van der Waals surface area contributed by atoms with Crippen LogP contribution in [0.1, 0.15) is 52.9 Å². The maximum Gasteiger partial charge on any atom is 0.0777 e. The lowest BCUT2D eigenvalue weighted by atomic mass is 9.76. The number of hydrogen-bond donors (Lipinski definition) is 1. The van der Waals surface area contributed by atoms with Crippen molar-refractivity contribution in [1.82, 2.24) is 4.90 Å². The lowest BCUT2D eigenvalue weighted by Gasteiger charge is -2.48. The van der Waals surface area contributed by atoms with Crippen LogP contribution in [0, 0.1) is 11.8 Å². The predicted octanol–water partition coefficient (Wildman–Crippen LogP) is 2.64. The van der Waals surface area contributed by atoms with Crippen LogP contribution in [-0.2, 0) is 4.74 Å². The Bertz CT molecular complexity index is 294. The van der Waals surface area contributed by atoms with E-state index in [0.717, 1.165) is 18.4 Å². The summed E-state index contributed by atoms with van der Waals surface area (Å²) in [5, 5.41) is 0. The molecule has 19 heavy (non-hydrogen) atoms. The molecule has 1 saturated carbocycles. The summed E-state index contributed by atoms with van der Waals surface area (Å²) in [4.78, 5) is 2.62. The molecule has 2 fully saturated rings. The zero-order chi connectivity index (χ0) is 14.0. The van der Waals surface area contributed by atoms with Gasteiger partial charge in [-0.05, 0) is 57.4 Å². The fourth-order valence-electron chi connectivity index (χ4n) is 3.92. The van der Waals surface area contributed by atoms with Gasteiger partial charge in [-0.2, -0.15) is 0 Å². The number of nitrogens with two attached hydrogens (primary N) is 1. The molecule has 4 atom stereocenters. The molecule has 0 aromatic rings.